The van der Waals surface area contributed by atoms with Crippen LogP contribution < -0.4 is 10.1 Å². The summed E-state index contributed by atoms with van der Waals surface area (Å²) in [5.41, 5.74) is -1.03. The van der Waals surface area contributed by atoms with Gasteiger partial charge in [-0.3, -0.25) is 4.79 Å². The standard InChI is InChI=1S/C12H16FNO3/c1-12(14-2,11(15)16)6-7-17-10-5-3-4-9(13)8-10/h3-5,8,14H,6-7H2,1-2H3,(H,15,16). The monoisotopic (exact) mass is 241 g/mol. The molecule has 1 aromatic rings. The van der Waals surface area contributed by atoms with E-state index in [0.29, 0.717) is 5.75 Å². The van der Waals surface area contributed by atoms with E-state index in [0.717, 1.165) is 0 Å². The Kier molecular flexibility index (Phi) is 4.45. The molecule has 0 bridgehead atoms. The molecular weight excluding hydrogens is 225 g/mol. The molecular formula is C12H16FNO3. The van der Waals surface area contributed by atoms with Gasteiger partial charge in [0.25, 0.3) is 0 Å². The van der Waals surface area contributed by atoms with Crippen molar-refractivity contribution >= 4 is 5.97 Å². The van der Waals surface area contributed by atoms with Crippen LogP contribution in [0.2, 0.25) is 0 Å². The zero-order valence-corrected chi connectivity index (χ0v) is 9.87. The van der Waals surface area contributed by atoms with E-state index >= 15 is 0 Å². The Morgan fingerprint density at radius 3 is 2.82 bits per heavy atom. The zero-order valence-electron chi connectivity index (χ0n) is 9.87. The molecule has 0 aliphatic carbocycles. The summed E-state index contributed by atoms with van der Waals surface area (Å²) in [7, 11) is 1.58. The first-order valence-electron chi connectivity index (χ1n) is 5.28. The Balaban J connectivity index is 2.50. The lowest BCUT2D eigenvalue weighted by Crippen LogP contribution is -2.48. The first kappa shape index (κ1) is 13.4. The lowest BCUT2D eigenvalue weighted by atomic mass is 9.99. The lowest BCUT2D eigenvalue weighted by molar-refractivity contribution is -0.144. The molecule has 0 aliphatic heterocycles. The number of carboxylic acids is 1. The minimum Gasteiger partial charge on any atom is -0.493 e. The fourth-order valence-corrected chi connectivity index (χ4v) is 1.27. The molecule has 4 nitrogen and oxygen atoms in total. The van der Waals surface area contributed by atoms with Gasteiger partial charge >= 0.3 is 5.97 Å². The van der Waals surface area contributed by atoms with Crippen LogP contribution in [-0.4, -0.2) is 30.3 Å². The number of benzene rings is 1. The topological polar surface area (TPSA) is 58.6 Å². The Morgan fingerprint density at radius 1 is 1.59 bits per heavy atom. The van der Waals surface area contributed by atoms with Crippen LogP contribution in [0.15, 0.2) is 24.3 Å². The summed E-state index contributed by atoms with van der Waals surface area (Å²) in [5, 5.41) is 11.7. The molecule has 0 heterocycles. The highest BCUT2D eigenvalue weighted by Crippen LogP contribution is 2.14. The number of ether oxygens (including phenoxy) is 1. The molecule has 5 heteroatoms. The molecule has 1 atom stereocenters. The first-order valence-corrected chi connectivity index (χ1v) is 5.28. The van der Waals surface area contributed by atoms with Gasteiger partial charge in [0.05, 0.1) is 6.61 Å². The van der Waals surface area contributed by atoms with E-state index in [1.54, 1.807) is 26.1 Å². The van der Waals surface area contributed by atoms with Gasteiger partial charge in [-0.15, -0.1) is 0 Å². The normalized spacial score (nSPS) is 14.1. The van der Waals surface area contributed by atoms with Gasteiger partial charge in [-0.25, -0.2) is 4.39 Å². The van der Waals surface area contributed by atoms with E-state index in [1.165, 1.54) is 12.1 Å². The minimum atomic E-state index is -1.03. The highest BCUT2D eigenvalue weighted by Gasteiger charge is 2.30. The Bertz CT molecular complexity index is 397. The molecule has 0 amide bonds. The molecule has 0 aromatic heterocycles. The van der Waals surface area contributed by atoms with E-state index < -0.39 is 11.5 Å². The summed E-state index contributed by atoms with van der Waals surface area (Å²) in [5.74, 6) is -0.922. The summed E-state index contributed by atoms with van der Waals surface area (Å²) in [4.78, 5) is 11.0. The Hall–Kier alpha value is -1.62. The lowest BCUT2D eigenvalue weighted by Gasteiger charge is -2.23. The largest absolute Gasteiger partial charge is 0.493 e. The van der Waals surface area contributed by atoms with Gasteiger partial charge in [0.1, 0.15) is 17.1 Å². The number of likely N-dealkylation sites (N-methyl/N-ethyl adjacent to an activating group) is 1. The quantitative estimate of drug-likeness (QED) is 0.795. The second-order valence-corrected chi connectivity index (χ2v) is 3.94. The van der Waals surface area contributed by atoms with Crippen LogP contribution >= 0.6 is 0 Å². The van der Waals surface area contributed by atoms with Crippen molar-refractivity contribution in [3.63, 3.8) is 0 Å². The van der Waals surface area contributed by atoms with Crippen LogP contribution in [0, 0.1) is 5.82 Å². The maximum atomic E-state index is 12.8. The molecule has 17 heavy (non-hydrogen) atoms. The highest BCUT2D eigenvalue weighted by molar-refractivity contribution is 5.78. The molecule has 0 saturated heterocycles. The van der Waals surface area contributed by atoms with E-state index in [-0.39, 0.29) is 18.8 Å². The van der Waals surface area contributed by atoms with Crippen molar-refractivity contribution in [3.05, 3.63) is 30.1 Å². The van der Waals surface area contributed by atoms with Crippen molar-refractivity contribution in [2.24, 2.45) is 0 Å². The van der Waals surface area contributed by atoms with E-state index in [2.05, 4.69) is 5.32 Å². The van der Waals surface area contributed by atoms with Gasteiger partial charge in [0, 0.05) is 12.5 Å². The zero-order chi connectivity index (χ0) is 12.9. The van der Waals surface area contributed by atoms with Gasteiger partial charge in [0.15, 0.2) is 0 Å². The molecule has 0 saturated carbocycles. The number of rotatable bonds is 6. The third kappa shape index (κ3) is 3.71. The number of aliphatic carboxylic acids is 1. The van der Waals surface area contributed by atoms with E-state index in [1.807, 2.05) is 0 Å². The van der Waals surface area contributed by atoms with Crippen molar-refractivity contribution in [2.45, 2.75) is 18.9 Å². The summed E-state index contributed by atoms with van der Waals surface area (Å²) in [6.45, 7) is 1.78. The summed E-state index contributed by atoms with van der Waals surface area (Å²) >= 11 is 0. The molecule has 1 aromatic carbocycles. The van der Waals surface area contributed by atoms with Crippen LogP contribution in [0.25, 0.3) is 0 Å². The fourth-order valence-electron chi connectivity index (χ4n) is 1.27. The van der Waals surface area contributed by atoms with Crippen LogP contribution in [0.1, 0.15) is 13.3 Å². The predicted octanol–water partition coefficient (Wildman–Crippen LogP) is 1.66. The van der Waals surface area contributed by atoms with Crippen LogP contribution in [-0.2, 0) is 4.79 Å². The third-order valence-corrected chi connectivity index (χ3v) is 2.69. The van der Waals surface area contributed by atoms with Gasteiger partial charge < -0.3 is 15.2 Å². The number of halogens is 1. The minimum absolute atomic E-state index is 0.201. The first-order chi connectivity index (χ1) is 7.98. The van der Waals surface area contributed by atoms with E-state index in [4.69, 9.17) is 9.84 Å². The predicted molar refractivity (Wildman–Crippen MR) is 61.6 cm³/mol. The average molecular weight is 241 g/mol. The smallest absolute Gasteiger partial charge is 0.323 e. The number of carbonyl (C=O) groups is 1. The highest BCUT2D eigenvalue weighted by atomic mass is 19.1. The summed E-state index contributed by atoms with van der Waals surface area (Å²) in [6, 6.07) is 5.75. The van der Waals surface area contributed by atoms with Crippen molar-refractivity contribution in [3.8, 4) is 5.75 Å². The SMILES string of the molecule is CNC(C)(CCOc1cccc(F)c1)C(=O)O. The van der Waals surface area contributed by atoms with Crippen LogP contribution in [0.5, 0.6) is 5.75 Å². The molecule has 1 unspecified atom stereocenters. The summed E-state index contributed by atoms with van der Waals surface area (Å²) in [6.07, 6.45) is 0.287. The number of carboxylic acid groups (broad SMARTS) is 1. The third-order valence-electron chi connectivity index (χ3n) is 2.69. The second-order valence-electron chi connectivity index (χ2n) is 3.94. The Labute approximate surface area is 99.4 Å². The average Bonchev–Trinajstić information content (AvgIpc) is 2.28. The van der Waals surface area contributed by atoms with Crippen molar-refractivity contribution in [1.82, 2.24) is 5.32 Å². The van der Waals surface area contributed by atoms with Crippen molar-refractivity contribution in [2.75, 3.05) is 13.7 Å². The molecule has 1 rings (SSSR count). The molecule has 0 radical (unpaired) electrons. The fraction of sp³-hybridized carbons (Fsp3) is 0.417. The Morgan fingerprint density at radius 2 is 2.29 bits per heavy atom. The molecule has 0 spiro atoms. The number of hydrogen-bond acceptors (Lipinski definition) is 3. The van der Waals surface area contributed by atoms with Gasteiger partial charge in [-0.1, -0.05) is 6.07 Å². The van der Waals surface area contributed by atoms with Crippen LogP contribution in [0.3, 0.4) is 0 Å². The van der Waals surface area contributed by atoms with Gasteiger partial charge in [-0.05, 0) is 26.1 Å². The van der Waals surface area contributed by atoms with Crippen molar-refractivity contribution < 1.29 is 19.0 Å². The molecule has 2 N–H and O–H groups in total. The number of hydrogen-bond donors (Lipinski definition) is 2. The van der Waals surface area contributed by atoms with Crippen LogP contribution in [0.4, 0.5) is 4.39 Å². The van der Waals surface area contributed by atoms with Crippen molar-refractivity contribution in [1.29, 1.82) is 0 Å². The maximum absolute atomic E-state index is 12.8. The molecule has 94 valence electrons. The van der Waals surface area contributed by atoms with Gasteiger partial charge in [0.2, 0.25) is 0 Å². The number of nitrogens with one attached hydrogen (secondary N) is 1. The summed E-state index contributed by atoms with van der Waals surface area (Å²) < 4.78 is 18.1. The second kappa shape index (κ2) is 5.63. The maximum Gasteiger partial charge on any atom is 0.323 e. The molecule has 0 aliphatic rings. The molecule has 0 fully saturated rings. The van der Waals surface area contributed by atoms with Gasteiger partial charge in [-0.2, -0.15) is 0 Å². The van der Waals surface area contributed by atoms with E-state index in [9.17, 15) is 9.18 Å².